The molecule has 0 aromatic heterocycles. The third-order valence-electron chi connectivity index (χ3n) is 3.06. The average molecular weight is 320 g/mol. The van der Waals surface area contributed by atoms with E-state index >= 15 is 0 Å². The first-order valence-electron chi connectivity index (χ1n) is 6.56. The standard InChI is InChI=1S/C16H14ClNO4/c17-11-4-1-10(2-5-11)3-8-15(20)18-12-6-7-14(19)13(9-12)16(21)22/h1-2,4-7,9,19H,3,8H2,(H,18,20)(H,21,22). The maximum absolute atomic E-state index is 11.9. The Labute approximate surface area is 132 Å². The molecule has 0 aliphatic rings. The van der Waals surface area contributed by atoms with Crippen LogP contribution in [0, 0.1) is 0 Å². The third kappa shape index (κ3) is 4.23. The van der Waals surface area contributed by atoms with Crippen molar-refractivity contribution in [2.24, 2.45) is 0 Å². The number of carboxylic acid groups (broad SMARTS) is 1. The number of aryl methyl sites for hydroxylation is 1. The maximum atomic E-state index is 11.9. The Balaban J connectivity index is 1.96. The van der Waals surface area contributed by atoms with Crippen LogP contribution in [0.1, 0.15) is 22.3 Å². The fourth-order valence-electron chi connectivity index (χ4n) is 1.92. The lowest BCUT2D eigenvalue weighted by molar-refractivity contribution is -0.116. The predicted octanol–water partition coefficient (Wildman–Crippen LogP) is 3.32. The topological polar surface area (TPSA) is 86.6 Å². The summed E-state index contributed by atoms with van der Waals surface area (Å²) in [5, 5.41) is 21.6. The first-order chi connectivity index (χ1) is 10.5. The maximum Gasteiger partial charge on any atom is 0.339 e. The highest BCUT2D eigenvalue weighted by atomic mass is 35.5. The van der Waals surface area contributed by atoms with Crippen LogP contribution in [0.15, 0.2) is 42.5 Å². The average Bonchev–Trinajstić information content (AvgIpc) is 2.48. The van der Waals surface area contributed by atoms with Crippen LogP contribution in [0.2, 0.25) is 5.02 Å². The number of aromatic carboxylic acids is 1. The molecule has 0 bridgehead atoms. The van der Waals surface area contributed by atoms with Gasteiger partial charge in [-0.2, -0.15) is 0 Å². The summed E-state index contributed by atoms with van der Waals surface area (Å²) in [5.41, 5.74) is 1.06. The van der Waals surface area contributed by atoms with Gasteiger partial charge in [0.2, 0.25) is 5.91 Å². The lowest BCUT2D eigenvalue weighted by Gasteiger charge is -2.07. The van der Waals surface area contributed by atoms with Crippen LogP contribution in [-0.2, 0) is 11.2 Å². The molecule has 3 N–H and O–H groups in total. The molecular weight excluding hydrogens is 306 g/mol. The largest absolute Gasteiger partial charge is 0.507 e. The number of hydrogen-bond acceptors (Lipinski definition) is 3. The quantitative estimate of drug-likeness (QED) is 0.738. The first-order valence-corrected chi connectivity index (χ1v) is 6.94. The number of rotatable bonds is 5. The number of phenols is 1. The van der Waals surface area contributed by atoms with Crippen LogP contribution in [-0.4, -0.2) is 22.1 Å². The molecule has 0 saturated heterocycles. The number of carbonyl (C=O) groups excluding carboxylic acids is 1. The fraction of sp³-hybridized carbons (Fsp3) is 0.125. The summed E-state index contributed by atoms with van der Waals surface area (Å²) in [6.45, 7) is 0. The van der Waals surface area contributed by atoms with E-state index in [1.807, 2.05) is 12.1 Å². The second kappa shape index (κ2) is 6.95. The van der Waals surface area contributed by atoms with Crippen molar-refractivity contribution in [3.05, 3.63) is 58.6 Å². The van der Waals surface area contributed by atoms with Crippen LogP contribution >= 0.6 is 11.6 Å². The van der Waals surface area contributed by atoms with Crippen molar-refractivity contribution in [3.8, 4) is 5.75 Å². The van der Waals surface area contributed by atoms with E-state index in [0.29, 0.717) is 17.1 Å². The second-order valence-electron chi connectivity index (χ2n) is 4.71. The second-order valence-corrected chi connectivity index (χ2v) is 5.15. The van der Waals surface area contributed by atoms with E-state index in [1.165, 1.54) is 18.2 Å². The van der Waals surface area contributed by atoms with Gasteiger partial charge in [0.05, 0.1) is 0 Å². The van der Waals surface area contributed by atoms with Gasteiger partial charge in [-0.15, -0.1) is 0 Å². The molecule has 22 heavy (non-hydrogen) atoms. The molecule has 0 aliphatic carbocycles. The Bertz CT molecular complexity index is 698. The molecule has 5 nitrogen and oxygen atoms in total. The van der Waals surface area contributed by atoms with Crippen molar-refractivity contribution in [2.75, 3.05) is 5.32 Å². The third-order valence-corrected chi connectivity index (χ3v) is 3.32. The van der Waals surface area contributed by atoms with E-state index in [1.54, 1.807) is 12.1 Å². The summed E-state index contributed by atoms with van der Waals surface area (Å²) >= 11 is 5.79. The van der Waals surface area contributed by atoms with Gasteiger partial charge >= 0.3 is 5.97 Å². The number of carboxylic acids is 1. The van der Waals surface area contributed by atoms with Gasteiger partial charge in [0, 0.05) is 17.1 Å². The molecule has 6 heteroatoms. The van der Waals surface area contributed by atoms with Crippen molar-refractivity contribution in [2.45, 2.75) is 12.8 Å². The summed E-state index contributed by atoms with van der Waals surface area (Å²) < 4.78 is 0. The van der Waals surface area contributed by atoms with E-state index in [4.69, 9.17) is 16.7 Å². The molecule has 1 amide bonds. The van der Waals surface area contributed by atoms with Gasteiger partial charge in [0.25, 0.3) is 0 Å². The van der Waals surface area contributed by atoms with Crippen LogP contribution < -0.4 is 5.32 Å². The van der Waals surface area contributed by atoms with E-state index < -0.39 is 5.97 Å². The zero-order valence-corrected chi connectivity index (χ0v) is 12.3. The minimum absolute atomic E-state index is 0.239. The van der Waals surface area contributed by atoms with Gasteiger partial charge in [-0.3, -0.25) is 4.79 Å². The lowest BCUT2D eigenvalue weighted by Crippen LogP contribution is -2.13. The molecule has 0 heterocycles. The number of carbonyl (C=O) groups is 2. The van der Waals surface area contributed by atoms with Gasteiger partial charge in [0.1, 0.15) is 11.3 Å². The van der Waals surface area contributed by atoms with Crippen molar-refractivity contribution in [3.63, 3.8) is 0 Å². The molecule has 0 saturated carbocycles. The van der Waals surface area contributed by atoms with Gasteiger partial charge in [0.15, 0.2) is 0 Å². The molecule has 0 fully saturated rings. The normalized spacial score (nSPS) is 10.2. The summed E-state index contributed by atoms with van der Waals surface area (Å²) in [6.07, 6.45) is 0.803. The number of anilines is 1. The van der Waals surface area contributed by atoms with E-state index in [9.17, 15) is 14.7 Å². The van der Waals surface area contributed by atoms with Gasteiger partial charge < -0.3 is 15.5 Å². The zero-order chi connectivity index (χ0) is 16.1. The predicted molar refractivity (Wildman–Crippen MR) is 83.5 cm³/mol. The Morgan fingerprint density at radius 3 is 2.41 bits per heavy atom. The van der Waals surface area contributed by atoms with Gasteiger partial charge in [-0.05, 0) is 42.3 Å². The van der Waals surface area contributed by atoms with E-state index in [2.05, 4.69) is 5.32 Å². The Morgan fingerprint density at radius 1 is 1.09 bits per heavy atom. The number of benzene rings is 2. The number of amides is 1. The van der Waals surface area contributed by atoms with Crippen LogP contribution in [0.25, 0.3) is 0 Å². The minimum atomic E-state index is -1.25. The summed E-state index contributed by atoms with van der Waals surface area (Å²) in [4.78, 5) is 22.8. The molecule has 0 spiro atoms. The minimum Gasteiger partial charge on any atom is -0.507 e. The number of aromatic hydroxyl groups is 1. The SMILES string of the molecule is O=C(CCc1ccc(Cl)cc1)Nc1ccc(O)c(C(=O)O)c1. The van der Waals surface area contributed by atoms with Crippen LogP contribution in [0.4, 0.5) is 5.69 Å². The summed E-state index contributed by atoms with van der Waals surface area (Å²) in [6, 6.07) is 11.1. The molecule has 2 rings (SSSR count). The van der Waals surface area contributed by atoms with Crippen LogP contribution in [0.5, 0.6) is 5.75 Å². The smallest absolute Gasteiger partial charge is 0.339 e. The Hall–Kier alpha value is -2.53. The Morgan fingerprint density at radius 2 is 1.77 bits per heavy atom. The first kappa shape index (κ1) is 15.9. The molecule has 0 atom stereocenters. The van der Waals surface area contributed by atoms with E-state index in [-0.39, 0.29) is 23.6 Å². The monoisotopic (exact) mass is 319 g/mol. The van der Waals surface area contributed by atoms with Gasteiger partial charge in [-0.1, -0.05) is 23.7 Å². The highest BCUT2D eigenvalue weighted by Crippen LogP contribution is 2.21. The van der Waals surface area contributed by atoms with E-state index in [0.717, 1.165) is 5.56 Å². The Kier molecular flexibility index (Phi) is 5.01. The molecule has 0 radical (unpaired) electrons. The highest BCUT2D eigenvalue weighted by Gasteiger charge is 2.11. The lowest BCUT2D eigenvalue weighted by atomic mass is 10.1. The fourth-order valence-corrected chi connectivity index (χ4v) is 2.04. The summed E-state index contributed by atoms with van der Waals surface area (Å²) in [7, 11) is 0. The highest BCUT2D eigenvalue weighted by molar-refractivity contribution is 6.30. The molecule has 2 aromatic rings. The zero-order valence-electron chi connectivity index (χ0n) is 11.5. The molecule has 0 unspecified atom stereocenters. The van der Waals surface area contributed by atoms with Crippen LogP contribution in [0.3, 0.4) is 0 Å². The molecule has 0 aliphatic heterocycles. The number of nitrogens with one attached hydrogen (secondary N) is 1. The molecular formula is C16H14ClNO4. The van der Waals surface area contributed by atoms with Crippen molar-refractivity contribution < 1.29 is 19.8 Å². The van der Waals surface area contributed by atoms with Crippen molar-refractivity contribution >= 4 is 29.2 Å². The summed E-state index contributed by atoms with van der Waals surface area (Å²) in [5.74, 6) is -1.83. The van der Waals surface area contributed by atoms with Crippen molar-refractivity contribution in [1.29, 1.82) is 0 Å². The number of hydrogen-bond donors (Lipinski definition) is 3. The van der Waals surface area contributed by atoms with Gasteiger partial charge in [-0.25, -0.2) is 4.79 Å². The molecule has 114 valence electrons. The van der Waals surface area contributed by atoms with Crippen molar-refractivity contribution in [1.82, 2.24) is 0 Å². The number of halogens is 1. The molecule has 2 aromatic carbocycles.